The first-order valence-corrected chi connectivity index (χ1v) is 7.87. The van der Waals surface area contributed by atoms with Gasteiger partial charge in [-0.05, 0) is 56.7 Å². The van der Waals surface area contributed by atoms with E-state index < -0.39 is 0 Å². The molecule has 0 unspecified atom stereocenters. The SMILES string of the molecule is COc1ccc(C=NNc2cc(-n3nc(C)cc3C)nc(C)n2)cc1. The first-order valence-electron chi connectivity index (χ1n) is 7.87. The predicted molar refractivity (Wildman–Crippen MR) is 97.6 cm³/mol. The Bertz CT molecular complexity index is 898. The summed E-state index contributed by atoms with van der Waals surface area (Å²) in [6.45, 7) is 5.79. The molecule has 128 valence electrons. The quantitative estimate of drug-likeness (QED) is 0.572. The standard InChI is InChI=1S/C18H20N6O/c1-12-9-13(2)24(23-12)18-10-17(20-14(3)21-18)22-19-11-15-5-7-16(25-4)8-6-15/h5-11H,1-4H3,(H,20,21,22). The van der Waals surface area contributed by atoms with Crippen molar-refractivity contribution < 1.29 is 4.74 Å². The molecular weight excluding hydrogens is 316 g/mol. The van der Waals surface area contributed by atoms with Gasteiger partial charge in [0.2, 0.25) is 0 Å². The maximum absolute atomic E-state index is 5.14. The topological polar surface area (TPSA) is 77.2 Å². The lowest BCUT2D eigenvalue weighted by Gasteiger charge is -2.07. The molecule has 0 atom stereocenters. The van der Waals surface area contributed by atoms with E-state index in [1.807, 2.05) is 57.2 Å². The molecule has 1 N–H and O–H groups in total. The first-order chi connectivity index (χ1) is 12.0. The lowest BCUT2D eigenvalue weighted by atomic mass is 10.2. The fourth-order valence-corrected chi connectivity index (χ4v) is 2.44. The lowest BCUT2D eigenvalue weighted by Crippen LogP contribution is -2.06. The molecule has 3 aromatic rings. The van der Waals surface area contributed by atoms with Crippen LogP contribution >= 0.6 is 0 Å². The van der Waals surface area contributed by atoms with Gasteiger partial charge in [0.1, 0.15) is 11.6 Å². The highest BCUT2D eigenvalue weighted by Gasteiger charge is 2.08. The molecule has 3 rings (SSSR count). The molecule has 1 aromatic carbocycles. The van der Waals surface area contributed by atoms with Crippen molar-refractivity contribution in [1.29, 1.82) is 0 Å². The van der Waals surface area contributed by atoms with Gasteiger partial charge in [-0.2, -0.15) is 10.2 Å². The van der Waals surface area contributed by atoms with Crippen LogP contribution in [0, 0.1) is 20.8 Å². The molecule has 2 aromatic heterocycles. The van der Waals surface area contributed by atoms with Crippen molar-refractivity contribution in [3.05, 3.63) is 59.2 Å². The molecule has 0 amide bonds. The number of benzene rings is 1. The van der Waals surface area contributed by atoms with E-state index in [1.165, 1.54) is 0 Å². The van der Waals surface area contributed by atoms with E-state index in [2.05, 4.69) is 25.6 Å². The molecule has 0 aliphatic rings. The number of nitrogens with zero attached hydrogens (tertiary/aromatic N) is 5. The number of methoxy groups -OCH3 is 1. The van der Waals surface area contributed by atoms with Gasteiger partial charge in [-0.3, -0.25) is 5.43 Å². The minimum atomic E-state index is 0.611. The van der Waals surface area contributed by atoms with Crippen molar-refractivity contribution >= 4 is 12.0 Å². The summed E-state index contributed by atoms with van der Waals surface area (Å²) in [5.41, 5.74) is 5.86. The summed E-state index contributed by atoms with van der Waals surface area (Å²) < 4.78 is 6.93. The normalized spacial score (nSPS) is 11.0. The Morgan fingerprint density at radius 2 is 1.84 bits per heavy atom. The van der Waals surface area contributed by atoms with Crippen LogP contribution in [0.5, 0.6) is 5.75 Å². The number of hydrazone groups is 1. The second-order valence-corrected chi connectivity index (χ2v) is 5.64. The van der Waals surface area contributed by atoms with Crippen molar-refractivity contribution in [3.8, 4) is 11.6 Å². The smallest absolute Gasteiger partial charge is 0.159 e. The van der Waals surface area contributed by atoms with Crippen LogP contribution in [0.15, 0.2) is 41.5 Å². The van der Waals surface area contributed by atoms with Crippen LogP contribution in [-0.4, -0.2) is 33.1 Å². The number of hydrogen-bond donors (Lipinski definition) is 1. The highest BCUT2D eigenvalue weighted by Crippen LogP contribution is 2.14. The molecule has 7 heteroatoms. The summed E-state index contributed by atoms with van der Waals surface area (Å²) in [6.07, 6.45) is 1.72. The van der Waals surface area contributed by atoms with E-state index >= 15 is 0 Å². The van der Waals surface area contributed by atoms with E-state index in [-0.39, 0.29) is 0 Å². The maximum Gasteiger partial charge on any atom is 0.159 e. The van der Waals surface area contributed by atoms with Crippen molar-refractivity contribution in [2.24, 2.45) is 5.10 Å². The second kappa shape index (κ2) is 7.12. The number of rotatable bonds is 5. The zero-order valence-corrected chi connectivity index (χ0v) is 14.7. The summed E-state index contributed by atoms with van der Waals surface area (Å²) in [4.78, 5) is 8.80. The summed E-state index contributed by atoms with van der Waals surface area (Å²) in [5.74, 6) is 2.78. The number of nitrogens with one attached hydrogen (secondary N) is 1. The van der Waals surface area contributed by atoms with Crippen molar-refractivity contribution in [1.82, 2.24) is 19.7 Å². The third-order valence-corrected chi connectivity index (χ3v) is 3.56. The van der Waals surface area contributed by atoms with Gasteiger partial charge >= 0.3 is 0 Å². The van der Waals surface area contributed by atoms with Crippen LogP contribution < -0.4 is 10.2 Å². The number of ether oxygens (including phenoxy) is 1. The third-order valence-electron chi connectivity index (χ3n) is 3.56. The Kier molecular flexibility index (Phi) is 4.74. The van der Waals surface area contributed by atoms with Gasteiger partial charge in [0, 0.05) is 11.8 Å². The van der Waals surface area contributed by atoms with Gasteiger partial charge in [-0.25, -0.2) is 14.6 Å². The van der Waals surface area contributed by atoms with Gasteiger partial charge in [-0.1, -0.05) is 0 Å². The fourth-order valence-electron chi connectivity index (χ4n) is 2.44. The molecule has 0 aliphatic carbocycles. The van der Waals surface area contributed by atoms with E-state index in [0.29, 0.717) is 17.5 Å². The maximum atomic E-state index is 5.14. The average Bonchev–Trinajstić information content (AvgIpc) is 2.93. The molecule has 0 saturated carbocycles. The van der Waals surface area contributed by atoms with Crippen molar-refractivity contribution in [2.75, 3.05) is 12.5 Å². The number of hydrogen-bond acceptors (Lipinski definition) is 6. The molecule has 0 saturated heterocycles. The molecule has 0 fully saturated rings. The largest absolute Gasteiger partial charge is 0.497 e. The highest BCUT2D eigenvalue weighted by atomic mass is 16.5. The molecule has 0 spiro atoms. The predicted octanol–water partition coefficient (Wildman–Crippen LogP) is 3.04. The van der Waals surface area contributed by atoms with Gasteiger partial charge < -0.3 is 4.74 Å². The molecule has 0 radical (unpaired) electrons. The highest BCUT2D eigenvalue weighted by molar-refractivity contribution is 5.80. The second-order valence-electron chi connectivity index (χ2n) is 5.64. The van der Waals surface area contributed by atoms with E-state index in [9.17, 15) is 0 Å². The van der Waals surface area contributed by atoms with E-state index in [0.717, 1.165) is 22.7 Å². The Labute approximate surface area is 146 Å². The summed E-state index contributed by atoms with van der Waals surface area (Å²) in [7, 11) is 1.64. The van der Waals surface area contributed by atoms with E-state index in [4.69, 9.17) is 4.74 Å². The Morgan fingerprint density at radius 3 is 2.48 bits per heavy atom. The number of aryl methyl sites for hydroxylation is 3. The van der Waals surface area contributed by atoms with Gasteiger partial charge in [0.05, 0.1) is 19.0 Å². The van der Waals surface area contributed by atoms with Crippen molar-refractivity contribution in [3.63, 3.8) is 0 Å². The van der Waals surface area contributed by atoms with Crippen LogP contribution in [-0.2, 0) is 0 Å². The molecule has 7 nitrogen and oxygen atoms in total. The van der Waals surface area contributed by atoms with Crippen LogP contribution in [0.3, 0.4) is 0 Å². The van der Waals surface area contributed by atoms with Crippen LogP contribution in [0.2, 0.25) is 0 Å². The zero-order valence-electron chi connectivity index (χ0n) is 14.7. The van der Waals surface area contributed by atoms with Gasteiger partial charge in [0.25, 0.3) is 0 Å². The number of aromatic nitrogens is 4. The number of anilines is 1. The van der Waals surface area contributed by atoms with Crippen molar-refractivity contribution in [2.45, 2.75) is 20.8 Å². The molecular formula is C18H20N6O. The van der Waals surface area contributed by atoms with Crippen LogP contribution in [0.25, 0.3) is 5.82 Å². The molecule has 0 bridgehead atoms. The monoisotopic (exact) mass is 336 g/mol. The summed E-state index contributed by atoms with van der Waals surface area (Å²) in [6, 6.07) is 11.4. The molecule has 0 aliphatic heterocycles. The average molecular weight is 336 g/mol. The van der Waals surface area contributed by atoms with E-state index in [1.54, 1.807) is 18.0 Å². The molecule has 2 heterocycles. The van der Waals surface area contributed by atoms with Gasteiger partial charge in [0.15, 0.2) is 11.6 Å². The Morgan fingerprint density at radius 1 is 1.08 bits per heavy atom. The third kappa shape index (κ3) is 4.00. The molecule has 25 heavy (non-hydrogen) atoms. The fraction of sp³-hybridized carbons (Fsp3) is 0.222. The summed E-state index contributed by atoms with van der Waals surface area (Å²) >= 11 is 0. The first kappa shape index (κ1) is 16.6. The lowest BCUT2D eigenvalue weighted by molar-refractivity contribution is 0.415. The Balaban J connectivity index is 1.78. The zero-order chi connectivity index (χ0) is 17.8. The van der Waals surface area contributed by atoms with Crippen LogP contribution in [0.1, 0.15) is 22.8 Å². The van der Waals surface area contributed by atoms with Gasteiger partial charge in [-0.15, -0.1) is 0 Å². The minimum Gasteiger partial charge on any atom is -0.497 e. The summed E-state index contributed by atoms with van der Waals surface area (Å²) in [5, 5.41) is 8.69. The minimum absolute atomic E-state index is 0.611. The van der Waals surface area contributed by atoms with Crippen LogP contribution in [0.4, 0.5) is 5.82 Å². The Hall–Kier alpha value is -3.22.